The third kappa shape index (κ3) is 2.00. The van der Waals surface area contributed by atoms with E-state index < -0.39 is 17.5 Å². The van der Waals surface area contributed by atoms with Crippen molar-refractivity contribution in [2.75, 3.05) is 6.61 Å². The van der Waals surface area contributed by atoms with Gasteiger partial charge in [0.25, 0.3) is 0 Å². The van der Waals surface area contributed by atoms with E-state index in [1.807, 2.05) is 0 Å². The fourth-order valence-corrected chi connectivity index (χ4v) is 3.87. The summed E-state index contributed by atoms with van der Waals surface area (Å²) in [6.07, 6.45) is 3.87. The van der Waals surface area contributed by atoms with Gasteiger partial charge in [-0.2, -0.15) is 0 Å². The molecule has 0 bridgehead atoms. The molecule has 4 heteroatoms. The molecule has 1 nitrogen and oxygen atoms in total. The smallest absolute Gasteiger partial charge is 0.173 e. The summed E-state index contributed by atoms with van der Waals surface area (Å²) >= 11 is 0. The highest BCUT2D eigenvalue weighted by molar-refractivity contribution is 6.03. The monoisotopic (exact) mass is 318 g/mol. The summed E-state index contributed by atoms with van der Waals surface area (Å²) in [5.41, 5.74) is 1.89. The Morgan fingerprint density at radius 1 is 0.957 bits per heavy atom. The van der Waals surface area contributed by atoms with Crippen LogP contribution < -0.4 is 4.74 Å². The molecule has 1 fully saturated rings. The van der Waals surface area contributed by atoms with Gasteiger partial charge in [0.15, 0.2) is 23.2 Å². The van der Waals surface area contributed by atoms with Crippen molar-refractivity contribution in [2.24, 2.45) is 0 Å². The first-order chi connectivity index (χ1) is 11.1. The predicted octanol–water partition coefficient (Wildman–Crippen LogP) is 5.81. The van der Waals surface area contributed by atoms with E-state index in [0.29, 0.717) is 23.3 Å². The Labute approximate surface area is 133 Å². The summed E-state index contributed by atoms with van der Waals surface area (Å²) < 4.78 is 48.7. The highest BCUT2D eigenvalue weighted by Crippen LogP contribution is 2.54. The maximum absolute atomic E-state index is 14.6. The average Bonchev–Trinajstić information content (AvgIpc) is 3.04. The van der Waals surface area contributed by atoms with Crippen molar-refractivity contribution >= 4 is 0 Å². The van der Waals surface area contributed by atoms with E-state index in [1.54, 1.807) is 25.1 Å². The number of hydrogen-bond acceptors (Lipinski definition) is 1. The molecule has 2 aromatic rings. The van der Waals surface area contributed by atoms with Crippen molar-refractivity contribution < 1.29 is 17.9 Å². The SMILES string of the molecule is CCOc1ccc2c(c1F)-c1c-2cc(C2CCCC2)c(F)c1F. The Morgan fingerprint density at radius 2 is 1.65 bits per heavy atom. The normalized spacial score (nSPS) is 16.0. The van der Waals surface area contributed by atoms with Crippen molar-refractivity contribution in [2.45, 2.75) is 38.5 Å². The molecule has 0 amide bonds. The number of benzene rings is 2. The summed E-state index contributed by atoms with van der Waals surface area (Å²) in [5.74, 6) is -2.20. The van der Waals surface area contributed by atoms with Gasteiger partial charge in [-0.25, -0.2) is 13.2 Å². The zero-order valence-corrected chi connectivity index (χ0v) is 12.9. The second kappa shape index (κ2) is 5.29. The summed E-state index contributed by atoms with van der Waals surface area (Å²) in [4.78, 5) is 0. The lowest BCUT2D eigenvalue weighted by Gasteiger charge is -2.28. The third-order valence-corrected chi connectivity index (χ3v) is 4.98. The van der Waals surface area contributed by atoms with Crippen LogP contribution in [-0.4, -0.2) is 6.61 Å². The fourth-order valence-electron chi connectivity index (χ4n) is 3.87. The van der Waals surface area contributed by atoms with E-state index in [4.69, 9.17) is 4.74 Å². The van der Waals surface area contributed by atoms with Crippen LogP contribution in [0.1, 0.15) is 44.1 Å². The topological polar surface area (TPSA) is 9.23 Å². The van der Waals surface area contributed by atoms with Crippen LogP contribution in [0.4, 0.5) is 13.2 Å². The zero-order chi connectivity index (χ0) is 16.1. The molecule has 0 saturated heterocycles. The number of halogens is 3. The van der Waals surface area contributed by atoms with Crippen LogP contribution in [0.25, 0.3) is 22.3 Å². The summed E-state index contributed by atoms with van der Waals surface area (Å²) in [6, 6.07) is 4.99. The Bertz CT molecular complexity index is 792. The zero-order valence-electron chi connectivity index (χ0n) is 12.9. The number of fused-ring (bicyclic) bond motifs is 4. The standard InChI is InChI=1S/C19H17F3O/c1-2-23-14-8-7-11-13-9-12(10-5-3-4-6-10)17(20)19(22)16(13)15(11)18(14)21/h7-10H,2-6H2,1H3. The third-order valence-electron chi connectivity index (χ3n) is 4.98. The molecular weight excluding hydrogens is 301 g/mol. The quantitative estimate of drug-likeness (QED) is 0.592. The van der Waals surface area contributed by atoms with Gasteiger partial charge in [0, 0.05) is 11.1 Å². The van der Waals surface area contributed by atoms with Crippen LogP contribution in [0, 0.1) is 17.5 Å². The van der Waals surface area contributed by atoms with Crippen LogP contribution in [0.2, 0.25) is 0 Å². The minimum absolute atomic E-state index is 0.0540. The van der Waals surface area contributed by atoms with E-state index in [-0.39, 0.29) is 22.8 Å². The number of rotatable bonds is 3. The minimum atomic E-state index is -0.926. The van der Waals surface area contributed by atoms with Crippen LogP contribution in [0.3, 0.4) is 0 Å². The predicted molar refractivity (Wildman–Crippen MR) is 83.1 cm³/mol. The van der Waals surface area contributed by atoms with Crippen LogP contribution in [0.5, 0.6) is 5.75 Å². The van der Waals surface area contributed by atoms with E-state index in [2.05, 4.69) is 0 Å². The van der Waals surface area contributed by atoms with Gasteiger partial charge in [-0.15, -0.1) is 0 Å². The maximum Gasteiger partial charge on any atom is 0.173 e. The van der Waals surface area contributed by atoms with Gasteiger partial charge >= 0.3 is 0 Å². The summed E-state index contributed by atoms with van der Waals surface area (Å²) in [7, 11) is 0. The molecular formula is C19H17F3O. The Morgan fingerprint density at radius 3 is 2.35 bits per heavy atom. The van der Waals surface area contributed by atoms with Gasteiger partial charge in [-0.1, -0.05) is 12.8 Å². The van der Waals surface area contributed by atoms with E-state index in [0.717, 1.165) is 25.7 Å². The molecule has 0 heterocycles. The lowest BCUT2D eigenvalue weighted by molar-refractivity contribution is 0.322. The Hall–Kier alpha value is -1.97. The second-order valence-electron chi connectivity index (χ2n) is 6.23. The van der Waals surface area contributed by atoms with Crippen molar-refractivity contribution in [1.29, 1.82) is 0 Å². The van der Waals surface area contributed by atoms with Gasteiger partial charge in [-0.3, -0.25) is 0 Å². The molecule has 0 unspecified atom stereocenters. The lowest BCUT2D eigenvalue weighted by Crippen LogP contribution is -2.11. The van der Waals surface area contributed by atoms with Crippen LogP contribution in [-0.2, 0) is 0 Å². The molecule has 2 aliphatic carbocycles. The van der Waals surface area contributed by atoms with Crippen LogP contribution in [0.15, 0.2) is 18.2 Å². The molecule has 0 radical (unpaired) electrons. The van der Waals surface area contributed by atoms with E-state index in [1.165, 1.54) is 0 Å². The second-order valence-corrected chi connectivity index (χ2v) is 6.23. The first kappa shape index (κ1) is 14.6. The summed E-state index contributed by atoms with van der Waals surface area (Å²) in [6.45, 7) is 2.07. The van der Waals surface area contributed by atoms with Crippen molar-refractivity contribution in [3.05, 3.63) is 41.2 Å². The fraction of sp³-hybridized carbons (Fsp3) is 0.368. The largest absolute Gasteiger partial charge is 0.491 e. The summed E-state index contributed by atoms with van der Waals surface area (Å²) in [5, 5.41) is 0. The first-order valence-electron chi connectivity index (χ1n) is 8.11. The molecule has 23 heavy (non-hydrogen) atoms. The Balaban J connectivity index is 1.84. The van der Waals surface area contributed by atoms with Crippen molar-refractivity contribution in [3.63, 3.8) is 0 Å². The van der Waals surface area contributed by atoms with Gasteiger partial charge in [0.1, 0.15) is 0 Å². The van der Waals surface area contributed by atoms with Gasteiger partial charge < -0.3 is 4.74 Å². The molecule has 2 aromatic carbocycles. The average molecular weight is 318 g/mol. The van der Waals surface area contributed by atoms with Crippen molar-refractivity contribution in [3.8, 4) is 28.0 Å². The molecule has 120 valence electrons. The molecule has 0 spiro atoms. The van der Waals surface area contributed by atoms with Gasteiger partial charge in [0.2, 0.25) is 0 Å². The molecule has 4 rings (SSSR count). The lowest BCUT2D eigenvalue weighted by atomic mass is 9.77. The van der Waals surface area contributed by atoms with Gasteiger partial charge in [-0.05, 0) is 60.6 Å². The molecule has 0 N–H and O–H groups in total. The molecule has 0 aliphatic heterocycles. The highest BCUT2D eigenvalue weighted by Gasteiger charge is 2.35. The molecule has 0 aromatic heterocycles. The molecule has 2 aliphatic rings. The number of ether oxygens (including phenoxy) is 1. The van der Waals surface area contributed by atoms with Crippen LogP contribution >= 0.6 is 0 Å². The first-order valence-corrected chi connectivity index (χ1v) is 8.11. The molecule has 1 saturated carbocycles. The Kier molecular flexibility index (Phi) is 3.36. The van der Waals surface area contributed by atoms with E-state index in [9.17, 15) is 13.2 Å². The minimum Gasteiger partial charge on any atom is -0.491 e. The van der Waals surface area contributed by atoms with Gasteiger partial charge in [0.05, 0.1) is 6.61 Å². The van der Waals surface area contributed by atoms with E-state index >= 15 is 0 Å². The highest BCUT2D eigenvalue weighted by atomic mass is 19.2. The van der Waals surface area contributed by atoms with Crippen molar-refractivity contribution in [1.82, 2.24) is 0 Å². The maximum atomic E-state index is 14.6. The number of hydrogen-bond donors (Lipinski definition) is 0. The molecule has 0 atom stereocenters.